The number of carbonyl (C=O) groups is 1. The van der Waals surface area contributed by atoms with E-state index in [-0.39, 0.29) is 41.7 Å². The molecule has 3 rings (SSSR count). The van der Waals surface area contributed by atoms with Crippen LogP contribution in [0.2, 0.25) is 0 Å². The summed E-state index contributed by atoms with van der Waals surface area (Å²) in [5.41, 5.74) is 5.33. The van der Waals surface area contributed by atoms with E-state index in [4.69, 9.17) is 10.5 Å². The fourth-order valence-corrected chi connectivity index (χ4v) is 3.45. The van der Waals surface area contributed by atoms with Gasteiger partial charge in [0.25, 0.3) is 11.5 Å². The molecular weight excluding hydrogens is 450 g/mol. The number of aromatic amines is 1. The van der Waals surface area contributed by atoms with E-state index in [1.807, 2.05) is 6.07 Å². The number of rotatable bonds is 9. The lowest BCUT2D eigenvalue weighted by Crippen LogP contribution is -2.41. The van der Waals surface area contributed by atoms with Crippen molar-refractivity contribution in [1.29, 1.82) is 0 Å². The maximum atomic E-state index is 13.4. The second-order valence-electron chi connectivity index (χ2n) is 7.27. The number of ether oxygens (including phenoxy) is 2. The molecule has 1 aromatic heterocycles. The Kier molecular flexibility index (Phi) is 7.67. The van der Waals surface area contributed by atoms with E-state index in [0.717, 1.165) is 10.5 Å². The van der Waals surface area contributed by atoms with Gasteiger partial charge in [0.1, 0.15) is 5.82 Å². The van der Waals surface area contributed by atoms with Crippen LogP contribution in [0.4, 0.5) is 20.3 Å². The molecule has 3 N–H and O–H groups in total. The van der Waals surface area contributed by atoms with Gasteiger partial charge in [-0.1, -0.05) is 37.3 Å². The molecule has 0 aliphatic carbocycles. The molecule has 180 valence electrons. The van der Waals surface area contributed by atoms with Gasteiger partial charge in [0.2, 0.25) is 0 Å². The molecule has 3 aromatic rings. The molecule has 0 bridgehead atoms. The molecule has 0 unspecified atom stereocenters. The third-order valence-corrected chi connectivity index (χ3v) is 4.99. The normalized spacial score (nSPS) is 10.9. The molecular formula is C23H24F2N4O5. The number of hydrogen-bond acceptors (Lipinski definition) is 6. The number of methoxy groups -OCH3 is 1. The molecule has 0 aliphatic rings. The summed E-state index contributed by atoms with van der Waals surface area (Å²) in [5.74, 6) is -1.14. The van der Waals surface area contributed by atoms with E-state index < -0.39 is 23.8 Å². The van der Waals surface area contributed by atoms with Gasteiger partial charge in [-0.2, -0.15) is 8.78 Å². The predicted octanol–water partition coefficient (Wildman–Crippen LogP) is 2.83. The summed E-state index contributed by atoms with van der Waals surface area (Å²) in [4.78, 5) is 42.0. The molecule has 0 saturated heterocycles. The van der Waals surface area contributed by atoms with Gasteiger partial charge >= 0.3 is 12.3 Å². The second-order valence-corrected chi connectivity index (χ2v) is 7.27. The van der Waals surface area contributed by atoms with E-state index in [1.54, 1.807) is 31.2 Å². The van der Waals surface area contributed by atoms with Crippen LogP contribution in [0, 0.1) is 0 Å². The second kappa shape index (κ2) is 10.6. The van der Waals surface area contributed by atoms with Crippen LogP contribution < -0.4 is 31.4 Å². The highest BCUT2D eigenvalue weighted by atomic mass is 19.3. The molecule has 0 spiro atoms. The highest BCUT2D eigenvalue weighted by molar-refractivity contribution is 6.07. The number of nitrogens with two attached hydrogens (primary N) is 1. The monoisotopic (exact) mass is 474 g/mol. The number of carbonyl (C=O) groups excluding carboxylic acids is 1. The lowest BCUT2D eigenvalue weighted by atomic mass is 10.1. The zero-order valence-corrected chi connectivity index (χ0v) is 18.6. The highest BCUT2D eigenvalue weighted by Crippen LogP contribution is 2.31. The molecule has 1 heterocycles. The average molecular weight is 474 g/mol. The zero-order chi connectivity index (χ0) is 24.8. The lowest BCUT2D eigenvalue weighted by molar-refractivity contribution is -0.0512. The van der Waals surface area contributed by atoms with Crippen molar-refractivity contribution < 1.29 is 23.0 Å². The highest BCUT2D eigenvalue weighted by Gasteiger charge is 2.26. The Hall–Kier alpha value is -4.15. The molecule has 34 heavy (non-hydrogen) atoms. The van der Waals surface area contributed by atoms with Gasteiger partial charge in [-0.15, -0.1) is 0 Å². The smallest absolute Gasteiger partial charge is 0.387 e. The Bertz CT molecular complexity index is 1270. The first-order valence-corrected chi connectivity index (χ1v) is 10.4. The van der Waals surface area contributed by atoms with Crippen molar-refractivity contribution in [3.8, 4) is 11.5 Å². The number of aromatic nitrogens is 2. The summed E-state index contributed by atoms with van der Waals surface area (Å²) in [6.07, 6.45) is 0.464. The molecule has 1 amide bonds. The van der Waals surface area contributed by atoms with Gasteiger partial charge in [0.15, 0.2) is 17.2 Å². The molecule has 0 fully saturated rings. The summed E-state index contributed by atoms with van der Waals surface area (Å²) >= 11 is 0. The summed E-state index contributed by atoms with van der Waals surface area (Å²) in [5, 5.41) is 0. The number of anilines is 2. The third-order valence-electron chi connectivity index (χ3n) is 4.99. The number of nitrogens with zero attached hydrogens (tertiary/aromatic N) is 2. The van der Waals surface area contributed by atoms with Gasteiger partial charge in [0.05, 0.1) is 13.7 Å². The van der Waals surface area contributed by atoms with Gasteiger partial charge in [-0.25, -0.2) is 4.79 Å². The van der Waals surface area contributed by atoms with E-state index in [0.29, 0.717) is 6.42 Å². The van der Waals surface area contributed by atoms with Crippen molar-refractivity contribution in [3.63, 3.8) is 0 Å². The average Bonchev–Trinajstić information content (AvgIpc) is 2.81. The standard InChI is InChI=1S/C23H24F2N4O5/c1-3-11-28(21(31)15-9-10-16(34-22(24)25)17(12-15)33-2)18-19(26)29(23(32)27-20(18)30)13-14-7-5-4-6-8-14/h4-10,12,22H,3,11,13,26H2,1-2H3,(H,27,30,32). The Morgan fingerprint density at radius 1 is 1.15 bits per heavy atom. The largest absolute Gasteiger partial charge is 0.493 e. The Morgan fingerprint density at radius 2 is 1.85 bits per heavy atom. The van der Waals surface area contributed by atoms with Gasteiger partial charge in [0, 0.05) is 12.1 Å². The maximum Gasteiger partial charge on any atom is 0.387 e. The van der Waals surface area contributed by atoms with Crippen LogP contribution in [0.5, 0.6) is 11.5 Å². The predicted molar refractivity (Wildman–Crippen MR) is 123 cm³/mol. The number of halogens is 2. The van der Waals surface area contributed by atoms with Crippen LogP contribution in [0.15, 0.2) is 58.1 Å². The van der Waals surface area contributed by atoms with Crippen molar-refractivity contribution >= 4 is 17.4 Å². The van der Waals surface area contributed by atoms with Crippen molar-refractivity contribution in [2.24, 2.45) is 0 Å². The van der Waals surface area contributed by atoms with Gasteiger partial charge < -0.3 is 20.1 Å². The molecule has 2 aromatic carbocycles. The zero-order valence-electron chi connectivity index (χ0n) is 18.6. The van der Waals surface area contributed by atoms with Crippen LogP contribution in [0.25, 0.3) is 0 Å². The Labute approximate surface area is 193 Å². The van der Waals surface area contributed by atoms with Crippen LogP contribution in [0.1, 0.15) is 29.3 Å². The van der Waals surface area contributed by atoms with Crippen molar-refractivity contribution in [1.82, 2.24) is 9.55 Å². The number of nitrogens with one attached hydrogen (secondary N) is 1. The minimum atomic E-state index is -3.07. The molecule has 0 saturated carbocycles. The fourth-order valence-electron chi connectivity index (χ4n) is 3.45. The summed E-state index contributed by atoms with van der Waals surface area (Å²) in [6, 6.07) is 12.7. The van der Waals surface area contributed by atoms with Crippen molar-refractivity contribution in [2.75, 3.05) is 24.3 Å². The van der Waals surface area contributed by atoms with Gasteiger partial charge in [-0.05, 0) is 30.2 Å². The first kappa shape index (κ1) is 24.5. The SMILES string of the molecule is CCCN(C(=O)c1ccc(OC(F)F)c(OC)c1)c1c(N)n(Cc2ccccc2)c(=O)[nH]c1=O. The molecule has 9 nitrogen and oxygen atoms in total. The first-order valence-electron chi connectivity index (χ1n) is 10.4. The topological polar surface area (TPSA) is 120 Å². The number of H-pyrrole nitrogens is 1. The number of amides is 1. The van der Waals surface area contributed by atoms with Crippen molar-refractivity contribution in [3.05, 3.63) is 80.5 Å². The summed E-state index contributed by atoms with van der Waals surface area (Å²) < 4.78 is 35.9. The van der Waals surface area contributed by atoms with E-state index >= 15 is 0 Å². The summed E-state index contributed by atoms with van der Waals surface area (Å²) in [7, 11) is 1.24. The Balaban J connectivity index is 2.07. The fraction of sp³-hybridized carbons (Fsp3) is 0.261. The van der Waals surface area contributed by atoms with E-state index in [1.165, 1.54) is 29.9 Å². The third kappa shape index (κ3) is 5.25. The van der Waals surface area contributed by atoms with Gasteiger partial charge in [-0.3, -0.25) is 19.1 Å². The maximum absolute atomic E-state index is 13.4. The lowest BCUT2D eigenvalue weighted by Gasteiger charge is -2.24. The quantitative estimate of drug-likeness (QED) is 0.492. The minimum Gasteiger partial charge on any atom is -0.493 e. The van der Waals surface area contributed by atoms with Crippen LogP contribution in [-0.4, -0.2) is 35.7 Å². The van der Waals surface area contributed by atoms with Crippen LogP contribution in [-0.2, 0) is 6.54 Å². The molecule has 11 heteroatoms. The minimum absolute atomic E-state index is 0.0477. The number of hydrogen-bond donors (Lipinski definition) is 2. The van der Waals surface area contributed by atoms with E-state index in [2.05, 4.69) is 9.72 Å². The van der Waals surface area contributed by atoms with Crippen LogP contribution in [0.3, 0.4) is 0 Å². The summed E-state index contributed by atoms with van der Waals surface area (Å²) in [6.45, 7) is -1.09. The molecule has 0 aliphatic heterocycles. The van der Waals surface area contributed by atoms with Crippen LogP contribution >= 0.6 is 0 Å². The Morgan fingerprint density at radius 3 is 2.47 bits per heavy atom. The number of alkyl halides is 2. The number of benzene rings is 2. The van der Waals surface area contributed by atoms with Crippen molar-refractivity contribution in [2.45, 2.75) is 26.5 Å². The number of nitrogen functional groups attached to an aromatic ring is 1. The first-order chi connectivity index (χ1) is 16.3. The molecule has 0 radical (unpaired) electrons. The van der Waals surface area contributed by atoms with E-state index in [9.17, 15) is 23.2 Å². The molecule has 0 atom stereocenters.